The van der Waals surface area contributed by atoms with Crippen molar-refractivity contribution in [1.82, 2.24) is 14.7 Å². The SMILES string of the molecule is N#Cc1ncccc1S(=O)(=O)NCc1nc(C(=O)O)cs1. The highest BCUT2D eigenvalue weighted by molar-refractivity contribution is 7.89. The number of pyridine rings is 1. The van der Waals surface area contributed by atoms with Crippen molar-refractivity contribution in [3.05, 3.63) is 40.1 Å². The average Bonchev–Trinajstić information content (AvgIpc) is 2.94. The van der Waals surface area contributed by atoms with Crippen LogP contribution in [0.3, 0.4) is 0 Å². The molecule has 0 radical (unpaired) electrons. The predicted molar refractivity (Wildman–Crippen MR) is 72.1 cm³/mol. The number of nitrogens with one attached hydrogen (secondary N) is 1. The molecule has 0 fully saturated rings. The Labute approximate surface area is 123 Å². The normalized spacial score (nSPS) is 11.0. The van der Waals surface area contributed by atoms with E-state index in [9.17, 15) is 13.2 Å². The van der Waals surface area contributed by atoms with E-state index in [-0.39, 0.29) is 22.8 Å². The van der Waals surface area contributed by atoms with Crippen LogP contribution in [0.4, 0.5) is 0 Å². The van der Waals surface area contributed by atoms with Crippen LogP contribution in [0.5, 0.6) is 0 Å². The maximum atomic E-state index is 12.1. The Morgan fingerprint density at radius 3 is 2.90 bits per heavy atom. The Bertz CT molecular complexity index is 823. The molecule has 0 aliphatic carbocycles. The van der Waals surface area contributed by atoms with Crippen molar-refractivity contribution >= 4 is 27.3 Å². The van der Waals surface area contributed by atoms with Crippen molar-refractivity contribution < 1.29 is 18.3 Å². The quantitative estimate of drug-likeness (QED) is 0.822. The molecule has 108 valence electrons. The largest absolute Gasteiger partial charge is 0.476 e. The van der Waals surface area contributed by atoms with E-state index in [1.807, 2.05) is 0 Å². The third-order valence-electron chi connectivity index (χ3n) is 2.35. The second kappa shape index (κ2) is 5.96. The molecule has 0 saturated carbocycles. The number of carboxylic acid groups (broad SMARTS) is 1. The minimum atomic E-state index is -3.93. The summed E-state index contributed by atoms with van der Waals surface area (Å²) in [5, 5.41) is 19.2. The summed E-state index contributed by atoms with van der Waals surface area (Å²) in [5.41, 5.74) is -0.358. The van der Waals surface area contributed by atoms with E-state index in [0.29, 0.717) is 5.01 Å². The van der Waals surface area contributed by atoms with Gasteiger partial charge in [0.1, 0.15) is 16.0 Å². The first kappa shape index (κ1) is 15.0. The summed E-state index contributed by atoms with van der Waals surface area (Å²) >= 11 is 1.02. The molecular weight excluding hydrogens is 316 g/mol. The number of carbonyl (C=O) groups is 1. The summed E-state index contributed by atoms with van der Waals surface area (Å²) in [4.78, 5) is 17.9. The number of hydrogen-bond donors (Lipinski definition) is 2. The van der Waals surface area contributed by atoms with Gasteiger partial charge in [0.25, 0.3) is 0 Å². The molecule has 0 aliphatic rings. The van der Waals surface area contributed by atoms with Gasteiger partial charge in [-0.3, -0.25) is 0 Å². The zero-order valence-electron chi connectivity index (χ0n) is 10.3. The topological polar surface area (TPSA) is 133 Å². The molecular formula is C11H8N4O4S2. The Hall–Kier alpha value is -2.35. The van der Waals surface area contributed by atoms with Crippen LogP contribution in [0.2, 0.25) is 0 Å². The fraction of sp³-hybridized carbons (Fsp3) is 0.0909. The predicted octanol–water partition coefficient (Wildman–Crippen LogP) is 0.586. The standard InChI is InChI=1S/C11H8N4O4S2/c12-4-7-9(2-1-3-13-7)21(18,19)14-5-10-15-8(6-20-10)11(16)17/h1-3,6,14H,5H2,(H,16,17). The molecule has 0 amide bonds. The number of sulfonamides is 1. The number of aromatic nitrogens is 2. The summed E-state index contributed by atoms with van der Waals surface area (Å²) < 4.78 is 26.4. The van der Waals surface area contributed by atoms with Gasteiger partial charge in [-0.05, 0) is 12.1 Å². The minimum Gasteiger partial charge on any atom is -0.476 e. The van der Waals surface area contributed by atoms with Gasteiger partial charge in [0.15, 0.2) is 11.4 Å². The van der Waals surface area contributed by atoms with Crippen LogP contribution in [0.15, 0.2) is 28.6 Å². The molecule has 0 unspecified atom stereocenters. The number of aromatic carboxylic acids is 1. The highest BCUT2D eigenvalue weighted by Gasteiger charge is 2.19. The highest BCUT2D eigenvalue weighted by atomic mass is 32.2. The van der Waals surface area contributed by atoms with E-state index in [2.05, 4.69) is 14.7 Å². The van der Waals surface area contributed by atoms with Crippen molar-refractivity contribution in [3.8, 4) is 6.07 Å². The fourth-order valence-corrected chi connectivity index (χ4v) is 3.31. The van der Waals surface area contributed by atoms with E-state index < -0.39 is 16.0 Å². The summed E-state index contributed by atoms with van der Waals surface area (Å²) in [6, 6.07) is 4.36. The number of carboxylic acids is 1. The lowest BCUT2D eigenvalue weighted by molar-refractivity contribution is 0.0691. The van der Waals surface area contributed by atoms with E-state index in [1.165, 1.54) is 23.7 Å². The second-order valence-corrected chi connectivity index (χ2v) is 6.40. The van der Waals surface area contributed by atoms with Gasteiger partial charge in [-0.1, -0.05) is 0 Å². The molecule has 0 atom stereocenters. The van der Waals surface area contributed by atoms with Gasteiger partial charge in [-0.15, -0.1) is 11.3 Å². The number of rotatable bonds is 5. The highest BCUT2D eigenvalue weighted by Crippen LogP contribution is 2.14. The molecule has 21 heavy (non-hydrogen) atoms. The van der Waals surface area contributed by atoms with Crippen LogP contribution in [-0.2, 0) is 16.6 Å². The molecule has 2 rings (SSSR count). The van der Waals surface area contributed by atoms with Crippen LogP contribution in [-0.4, -0.2) is 29.5 Å². The van der Waals surface area contributed by atoms with Crippen LogP contribution >= 0.6 is 11.3 Å². The first-order valence-corrected chi connectivity index (χ1v) is 7.83. The molecule has 0 aliphatic heterocycles. The molecule has 0 spiro atoms. The van der Waals surface area contributed by atoms with Gasteiger partial charge in [-0.25, -0.2) is 27.9 Å². The molecule has 8 nitrogen and oxygen atoms in total. The van der Waals surface area contributed by atoms with Crippen molar-refractivity contribution in [3.63, 3.8) is 0 Å². The van der Waals surface area contributed by atoms with Gasteiger partial charge in [-0.2, -0.15) is 5.26 Å². The zero-order chi connectivity index (χ0) is 15.5. The van der Waals surface area contributed by atoms with Crippen LogP contribution < -0.4 is 4.72 Å². The third kappa shape index (κ3) is 3.40. The van der Waals surface area contributed by atoms with Gasteiger partial charge in [0.05, 0.1) is 6.54 Å². The van der Waals surface area contributed by atoms with E-state index in [0.717, 1.165) is 11.3 Å². The van der Waals surface area contributed by atoms with Crippen LogP contribution in [0, 0.1) is 11.3 Å². The fourth-order valence-electron chi connectivity index (χ4n) is 1.42. The lowest BCUT2D eigenvalue weighted by atomic mass is 10.4. The summed E-state index contributed by atoms with van der Waals surface area (Å²) in [6.45, 7) is -0.167. The summed E-state index contributed by atoms with van der Waals surface area (Å²) in [5.74, 6) is -1.18. The van der Waals surface area contributed by atoms with Crippen molar-refractivity contribution in [2.75, 3.05) is 0 Å². The summed E-state index contributed by atoms with van der Waals surface area (Å²) in [7, 11) is -3.93. The Kier molecular flexibility index (Phi) is 4.27. The lowest BCUT2D eigenvalue weighted by Crippen LogP contribution is -2.24. The molecule has 2 aromatic heterocycles. The molecule has 0 aromatic carbocycles. The molecule has 2 N–H and O–H groups in total. The number of nitriles is 1. The summed E-state index contributed by atoms with van der Waals surface area (Å²) in [6.07, 6.45) is 1.32. The Balaban J connectivity index is 2.18. The maximum absolute atomic E-state index is 12.1. The second-order valence-electron chi connectivity index (χ2n) is 3.72. The van der Waals surface area contributed by atoms with Crippen molar-refractivity contribution in [2.24, 2.45) is 0 Å². The van der Waals surface area contributed by atoms with Gasteiger partial charge < -0.3 is 5.11 Å². The van der Waals surface area contributed by atoms with E-state index in [1.54, 1.807) is 6.07 Å². The molecule has 10 heteroatoms. The Morgan fingerprint density at radius 1 is 1.52 bits per heavy atom. The third-order valence-corrected chi connectivity index (χ3v) is 4.63. The smallest absolute Gasteiger partial charge is 0.355 e. The Morgan fingerprint density at radius 2 is 2.29 bits per heavy atom. The van der Waals surface area contributed by atoms with Crippen LogP contribution in [0.25, 0.3) is 0 Å². The van der Waals surface area contributed by atoms with E-state index >= 15 is 0 Å². The van der Waals surface area contributed by atoms with Gasteiger partial charge in [0.2, 0.25) is 10.0 Å². The number of nitrogens with zero attached hydrogens (tertiary/aromatic N) is 3. The van der Waals surface area contributed by atoms with Crippen molar-refractivity contribution in [1.29, 1.82) is 5.26 Å². The average molecular weight is 324 g/mol. The number of hydrogen-bond acceptors (Lipinski definition) is 7. The monoisotopic (exact) mass is 324 g/mol. The first-order valence-electron chi connectivity index (χ1n) is 5.46. The maximum Gasteiger partial charge on any atom is 0.355 e. The van der Waals surface area contributed by atoms with Gasteiger partial charge in [0, 0.05) is 11.6 Å². The van der Waals surface area contributed by atoms with Gasteiger partial charge >= 0.3 is 5.97 Å². The molecule has 2 heterocycles. The van der Waals surface area contributed by atoms with Crippen LogP contribution in [0.1, 0.15) is 21.2 Å². The molecule has 0 saturated heterocycles. The molecule has 0 bridgehead atoms. The molecule has 2 aromatic rings. The van der Waals surface area contributed by atoms with E-state index in [4.69, 9.17) is 10.4 Å². The lowest BCUT2D eigenvalue weighted by Gasteiger charge is -2.05. The van der Waals surface area contributed by atoms with Crippen molar-refractivity contribution in [2.45, 2.75) is 11.4 Å². The zero-order valence-corrected chi connectivity index (χ0v) is 12.0. The number of thiazole rings is 1. The minimum absolute atomic E-state index is 0.145. The first-order chi connectivity index (χ1) is 9.94.